The van der Waals surface area contributed by atoms with E-state index in [1.165, 1.54) is 0 Å². The van der Waals surface area contributed by atoms with E-state index in [2.05, 4.69) is 9.97 Å². The molecule has 48 valence electrons. The Bertz CT molecular complexity index is 234. The minimum absolute atomic E-state index is 0. The number of rotatable bonds is 1. The minimum atomic E-state index is -0.569. The van der Waals surface area contributed by atoms with Gasteiger partial charge in [0.05, 0.1) is 0 Å². The van der Waals surface area contributed by atoms with Crippen molar-refractivity contribution in [2.45, 2.75) is 6.92 Å². The van der Waals surface area contributed by atoms with Crippen LogP contribution in [0.5, 0.6) is 0 Å². The van der Waals surface area contributed by atoms with Crippen LogP contribution in [0.1, 0.15) is 5.82 Å². The van der Waals surface area contributed by atoms with E-state index in [1.807, 2.05) is 0 Å². The van der Waals surface area contributed by atoms with Gasteiger partial charge in [0.25, 0.3) is 0 Å². The summed E-state index contributed by atoms with van der Waals surface area (Å²) in [6.07, 6.45) is 1.13. The van der Waals surface area contributed by atoms with Gasteiger partial charge in [0.2, 0.25) is 0 Å². The number of hydrogen-bond acceptors (Lipinski definition) is 3. The summed E-state index contributed by atoms with van der Waals surface area (Å²) in [6, 6.07) is 0. The molecule has 0 unspecified atom stereocenters. The molecule has 0 atom stereocenters. The maximum absolute atomic E-state index is 9.92. The molecule has 0 fully saturated rings. The van der Waals surface area contributed by atoms with Crippen molar-refractivity contribution in [3.05, 3.63) is 22.1 Å². The maximum Gasteiger partial charge on any atom is 1.00 e. The first-order valence-electron chi connectivity index (χ1n) is 2.31. The number of nitro groups is 1. The van der Waals surface area contributed by atoms with E-state index in [-0.39, 0.29) is 35.4 Å². The normalized spacial score (nSPS) is 8.50. The number of hydrogen-bond donors (Lipinski definition) is 0. The first kappa shape index (κ1) is 9.61. The third-order valence-electron chi connectivity index (χ3n) is 0.830. The quantitative estimate of drug-likeness (QED) is 0.247. The summed E-state index contributed by atoms with van der Waals surface area (Å²) >= 11 is 0. The van der Waals surface area contributed by atoms with Crippen molar-refractivity contribution in [3.63, 3.8) is 0 Å². The van der Waals surface area contributed by atoms with Gasteiger partial charge in [-0.1, -0.05) is 10.7 Å². The van der Waals surface area contributed by atoms with Gasteiger partial charge < -0.3 is 20.1 Å². The molecule has 1 heterocycles. The van der Waals surface area contributed by atoms with E-state index in [0.29, 0.717) is 5.82 Å². The molecule has 0 spiro atoms. The Hall–Kier alpha value is -0.390. The Balaban J connectivity index is 0.000000810. The van der Waals surface area contributed by atoms with Gasteiger partial charge in [0.1, 0.15) is 0 Å². The molecular weight excluding hydrogens is 145 g/mol. The van der Waals surface area contributed by atoms with Crippen LogP contribution in [0.25, 0.3) is 0 Å². The number of aryl methyl sites for hydroxylation is 1. The average molecular weight is 149 g/mol. The first-order chi connectivity index (χ1) is 4.20. The molecule has 0 aliphatic heterocycles. The predicted octanol–water partition coefficient (Wildman–Crippen LogP) is -2.74. The summed E-state index contributed by atoms with van der Waals surface area (Å²) in [5.74, 6) is 0.245. The molecule has 0 bridgehead atoms. The van der Waals surface area contributed by atoms with Gasteiger partial charge in [-0.15, -0.1) is 0 Å². The second-order valence-corrected chi connectivity index (χ2v) is 1.53. The van der Waals surface area contributed by atoms with Gasteiger partial charge in [-0.25, -0.2) is 0 Å². The van der Waals surface area contributed by atoms with Crippen molar-refractivity contribution in [2.75, 3.05) is 0 Å². The van der Waals surface area contributed by atoms with Crippen LogP contribution in [0, 0.1) is 17.0 Å². The third-order valence-corrected chi connectivity index (χ3v) is 0.830. The van der Waals surface area contributed by atoms with E-state index >= 15 is 0 Å². The van der Waals surface area contributed by atoms with Gasteiger partial charge in [0.15, 0.2) is 5.82 Å². The molecule has 0 amide bonds. The SMILES string of the molecule is Cc1nc([N+](=O)[O-])c[n-]1.[Na+]. The number of aromatic nitrogens is 2. The first-order valence-corrected chi connectivity index (χ1v) is 2.31. The minimum Gasteiger partial charge on any atom is -0.443 e. The van der Waals surface area contributed by atoms with Crippen molar-refractivity contribution in [2.24, 2.45) is 0 Å². The Labute approximate surface area is 79.3 Å². The monoisotopic (exact) mass is 149 g/mol. The summed E-state index contributed by atoms with van der Waals surface area (Å²) in [5, 5.41) is 9.92. The topological polar surface area (TPSA) is 70.1 Å². The van der Waals surface area contributed by atoms with E-state index in [1.54, 1.807) is 6.92 Å². The molecule has 1 rings (SSSR count). The molecule has 6 heteroatoms. The van der Waals surface area contributed by atoms with Crippen LogP contribution in [0.4, 0.5) is 5.82 Å². The molecule has 0 aromatic carbocycles. The van der Waals surface area contributed by atoms with Crippen LogP contribution in [0.3, 0.4) is 0 Å². The third kappa shape index (κ3) is 2.09. The fourth-order valence-corrected chi connectivity index (χ4v) is 0.463. The average Bonchev–Trinajstić information content (AvgIpc) is 2.14. The van der Waals surface area contributed by atoms with Gasteiger partial charge in [-0.05, 0) is 13.1 Å². The molecule has 0 saturated heterocycles. The summed E-state index contributed by atoms with van der Waals surface area (Å²) in [4.78, 5) is 16.4. The molecule has 0 aliphatic rings. The summed E-state index contributed by atoms with van der Waals surface area (Å²) in [7, 11) is 0. The largest absolute Gasteiger partial charge is 1.00 e. The zero-order valence-corrected chi connectivity index (χ0v) is 7.74. The molecule has 0 radical (unpaired) electrons. The summed E-state index contributed by atoms with van der Waals surface area (Å²) in [6.45, 7) is 1.60. The van der Waals surface area contributed by atoms with E-state index in [0.717, 1.165) is 6.20 Å². The van der Waals surface area contributed by atoms with E-state index < -0.39 is 4.92 Å². The smallest absolute Gasteiger partial charge is 0.443 e. The van der Waals surface area contributed by atoms with Gasteiger partial charge >= 0.3 is 29.6 Å². The Morgan fingerprint density at radius 1 is 1.80 bits per heavy atom. The van der Waals surface area contributed by atoms with Gasteiger partial charge in [-0.3, -0.25) is 0 Å². The van der Waals surface area contributed by atoms with Crippen molar-refractivity contribution < 1.29 is 34.5 Å². The predicted molar refractivity (Wildman–Crippen MR) is 28.9 cm³/mol. The molecule has 0 N–H and O–H groups in total. The summed E-state index contributed by atoms with van der Waals surface area (Å²) in [5.41, 5.74) is 0. The van der Waals surface area contributed by atoms with Crippen LogP contribution >= 0.6 is 0 Å². The van der Waals surface area contributed by atoms with Gasteiger partial charge in [0, 0.05) is 0 Å². The van der Waals surface area contributed by atoms with Crippen LogP contribution in [0.15, 0.2) is 6.20 Å². The Kier molecular flexibility index (Phi) is 3.55. The zero-order chi connectivity index (χ0) is 6.85. The fraction of sp³-hybridized carbons (Fsp3) is 0.250. The fourth-order valence-electron chi connectivity index (χ4n) is 0.463. The van der Waals surface area contributed by atoms with E-state index in [4.69, 9.17) is 0 Å². The molecule has 0 aliphatic carbocycles. The van der Waals surface area contributed by atoms with Crippen molar-refractivity contribution in [3.8, 4) is 0 Å². The van der Waals surface area contributed by atoms with E-state index in [9.17, 15) is 10.1 Å². The van der Waals surface area contributed by atoms with Crippen molar-refractivity contribution >= 4 is 5.82 Å². The standard InChI is InChI=1S/C4H4N3O2.Na/c1-3-5-2-4(6-3)7(8)9;/h2H,1H3;/q-1;+1. The maximum atomic E-state index is 9.92. The number of imidazole rings is 1. The van der Waals surface area contributed by atoms with Crippen LogP contribution in [-0.4, -0.2) is 9.91 Å². The van der Waals surface area contributed by atoms with Crippen molar-refractivity contribution in [1.29, 1.82) is 0 Å². The number of nitrogens with zero attached hydrogens (tertiary/aromatic N) is 3. The molecule has 10 heavy (non-hydrogen) atoms. The second-order valence-electron chi connectivity index (χ2n) is 1.53. The van der Waals surface area contributed by atoms with Crippen LogP contribution in [0.2, 0.25) is 0 Å². The molecule has 1 aromatic rings. The second kappa shape index (κ2) is 3.70. The van der Waals surface area contributed by atoms with Crippen molar-refractivity contribution in [1.82, 2.24) is 9.97 Å². The van der Waals surface area contributed by atoms with Crippen LogP contribution in [-0.2, 0) is 0 Å². The zero-order valence-electron chi connectivity index (χ0n) is 5.74. The molecule has 5 nitrogen and oxygen atoms in total. The summed E-state index contributed by atoms with van der Waals surface area (Å²) < 4.78 is 0. The van der Waals surface area contributed by atoms with Gasteiger partial charge in [-0.2, -0.15) is 0 Å². The molecular formula is C4H4N3NaO2. The molecule has 1 aromatic heterocycles. The Morgan fingerprint density at radius 3 is 2.60 bits per heavy atom. The Morgan fingerprint density at radius 2 is 2.40 bits per heavy atom. The molecule has 0 saturated carbocycles. The van der Waals surface area contributed by atoms with Crippen LogP contribution < -0.4 is 34.5 Å².